The molecule has 2 aromatic rings. The Bertz CT molecular complexity index is 547. The predicted octanol–water partition coefficient (Wildman–Crippen LogP) is 2.16. The summed E-state index contributed by atoms with van der Waals surface area (Å²) in [5, 5.41) is 1.81. The highest BCUT2D eigenvalue weighted by atomic mass is 19.4. The maximum atomic E-state index is 12.0. The summed E-state index contributed by atoms with van der Waals surface area (Å²) in [5.41, 5.74) is 0.943. The maximum Gasteiger partial charge on any atom is 0.405 e. The van der Waals surface area contributed by atoms with Crippen molar-refractivity contribution in [3.05, 3.63) is 48.5 Å². The van der Waals surface area contributed by atoms with E-state index in [0.29, 0.717) is 0 Å². The summed E-state index contributed by atoms with van der Waals surface area (Å²) in [7, 11) is 0. The molecule has 0 unspecified atom stereocenters. The standard InChI is InChI=1S/C12H10F3N3O/c13-12(14,15)7-17-11(19)9-1-3-10(4-2-9)18-6-5-16-8-18/h1-6,8H,7H2,(H,17,19). The first-order chi connectivity index (χ1) is 8.96. The Morgan fingerprint density at radius 2 is 1.95 bits per heavy atom. The molecule has 1 N–H and O–H groups in total. The number of imidazole rings is 1. The molecule has 2 rings (SSSR count). The van der Waals surface area contributed by atoms with Crippen molar-refractivity contribution < 1.29 is 18.0 Å². The largest absolute Gasteiger partial charge is 0.405 e. The van der Waals surface area contributed by atoms with Crippen LogP contribution in [0.4, 0.5) is 13.2 Å². The fourth-order valence-corrected chi connectivity index (χ4v) is 1.48. The second-order valence-electron chi connectivity index (χ2n) is 3.81. The van der Waals surface area contributed by atoms with Crippen LogP contribution in [0, 0.1) is 0 Å². The molecule has 4 nitrogen and oxygen atoms in total. The third-order valence-corrected chi connectivity index (χ3v) is 2.38. The summed E-state index contributed by atoms with van der Waals surface area (Å²) in [6, 6.07) is 6.18. The fraction of sp³-hybridized carbons (Fsp3) is 0.167. The number of aromatic nitrogens is 2. The maximum absolute atomic E-state index is 12.0. The number of benzene rings is 1. The minimum absolute atomic E-state index is 0.174. The van der Waals surface area contributed by atoms with Gasteiger partial charge in [0.1, 0.15) is 6.54 Å². The zero-order valence-corrected chi connectivity index (χ0v) is 9.69. The van der Waals surface area contributed by atoms with Gasteiger partial charge in [0.25, 0.3) is 5.91 Å². The quantitative estimate of drug-likeness (QED) is 0.928. The van der Waals surface area contributed by atoms with Crippen LogP contribution in [0.3, 0.4) is 0 Å². The molecule has 7 heteroatoms. The number of amides is 1. The Morgan fingerprint density at radius 3 is 2.47 bits per heavy atom. The van der Waals surface area contributed by atoms with Gasteiger partial charge in [-0.3, -0.25) is 4.79 Å². The van der Waals surface area contributed by atoms with Gasteiger partial charge >= 0.3 is 6.18 Å². The first-order valence-corrected chi connectivity index (χ1v) is 5.39. The number of nitrogens with zero attached hydrogens (tertiary/aromatic N) is 2. The van der Waals surface area contributed by atoms with Crippen LogP contribution in [0.2, 0.25) is 0 Å². The number of rotatable bonds is 3. The van der Waals surface area contributed by atoms with Crippen molar-refractivity contribution in [1.82, 2.24) is 14.9 Å². The zero-order chi connectivity index (χ0) is 13.9. The topological polar surface area (TPSA) is 46.9 Å². The zero-order valence-electron chi connectivity index (χ0n) is 9.69. The van der Waals surface area contributed by atoms with E-state index in [9.17, 15) is 18.0 Å². The predicted molar refractivity (Wildman–Crippen MR) is 62.0 cm³/mol. The number of carbonyl (C=O) groups excluding carboxylic acids is 1. The highest BCUT2D eigenvalue weighted by Gasteiger charge is 2.27. The number of hydrogen-bond acceptors (Lipinski definition) is 2. The molecule has 1 heterocycles. The van der Waals surface area contributed by atoms with Crippen LogP contribution in [0.25, 0.3) is 5.69 Å². The highest BCUT2D eigenvalue weighted by Crippen LogP contribution is 2.13. The van der Waals surface area contributed by atoms with E-state index < -0.39 is 18.6 Å². The van der Waals surface area contributed by atoms with Crippen LogP contribution >= 0.6 is 0 Å². The normalized spacial score (nSPS) is 11.3. The van der Waals surface area contributed by atoms with Crippen molar-refractivity contribution in [3.8, 4) is 5.69 Å². The number of hydrogen-bond donors (Lipinski definition) is 1. The average Bonchev–Trinajstić information content (AvgIpc) is 2.89. The molecular formula is C12H10F3N3O. The van der Waals surface area contributed by atoms with Crippen LogP contribution < -0.4 is 5.32 Å². The molecule has 0 saturated heterocycles. The monoisotopic (exact) mass is 269 g/mol. The minimum atomic E-state index is -4.41. The molecule has 0 spiro atoms. The van der Waals surface area contributed by atoms with Gasteiger partial charge in [0.15, 0.2) is 0 Å². The summed E-state index contributed by atoms with van der Waals surface area (Å²) < 4.78 is 37.6. The molecule has 1 aromatic carbocycles. The van der Waals surface area contributed by atoms with Gasteiger partial charge in [0, 0.05) is 23.6 Å². The summed E-state index contributed by atoms with van der Waals surface area (Å²) in [6.45, 7) is -1.34. The van der Waals surface area contributed by atoms with Gasteiger partial charge in [-0.05, 0) is 24.3 Å². The summed E-state index contributed by atoms with van der Waals surface area (Å²) in [5.74, 6) is -0.755. The minimum Gasteiger partial charge on any atom is -0.343 e. The van der Waals surface area contributed by atoms with Gasteiger partial charge in [-0.1, -0.05) is 0 Å². The van der Waals surface area contributed by atoms with Crippen molar-refractivity contribution in [2.75, 3.05) is 6.54 Å². The number of nitrogens with one attached hydrogen (secondary N) is 1. The van der Waals surface area contributed by atoms with Crippen LogP contribution in [0.15, 0.2) is 43.0 Å². The second-order valence-corrected chi connectivity index (χ2v) is 3.81. The van der Waals surface area contributed by atoms with Crippen molar-refractivity contribution in [1.29, 1.82) is 0 Å². The molecule has 0 radical (unpaired) electrons. The molecule has 19 heavy (non-hydrogen) atoms. The van der Waals surface area contributed by atoms with E-state index in [0.717, 1.165) is 5.69 Å². The summed E-state index contributed by atoms with van der Waals surface area (Å²) >= 11 is 0. The van der Waals surface area contributed by atoms with E-state index in [2.05, 4.69) is 4.98 Å². The lowest BCUT2D eigenvalue weighted by Gasteiger charge is -2.09. The Morgan fingerprint density at radius 1 is 1.26 bits per heavy atom. The Balaban J connectivity index is 2.04. The lowest BCUT2D eigenvalue weighted by molar-refractivity contribution is -0.123. The molecule has 1 amide bonds. The van der Waals surface area contributed by atoms with Crippen molar-refractivity contribution in [2.45, 2.75) is 6.18 Å². The molecule has 0 aliphatic rings. The smallest absolute Gasteiger partial charge is 0.343 e. The fourth-order valence-electron chi connectivity index (χ4n) is 1.48. The Kier molecular flexibility index (Phi) is 3.55. The molecule has 0 aliphatic carbocycles. The van der Waals surface area contributed by atoms with Crippen LogP contribution in [-0.4, -0.2) is 28.2 Å². The lowest BCUT2D eigenvalue weighted by Crippen LogP contribution is -2.33. The van der Waals surface area contributed by atoms with Gasteiger partial charge in [-0.25, -0.2) is 4.98 Å². The molecule has 0 saturated carbocycles. The highest BCUT2D eigenvalue weighted by molar-refractivity contribution is 5.94. The van der Waals surface area contributed by atoms with E-state index in [-0.39, 0.29) is 5.56 Å². The molecule has 100 valence electrons. The van der Waals surface area contributed by atoms with E-state index in [1.807, 2.05) is 5.32 Å². The summed E-state index contributed by atoms with van der Waals surface area (Å²) in [4.78, 5) is 15.3. The lowest BCUT2D eigenvalue weighted by atomic mass is 10.2. The van der Waals surface area contributed by atoms with Gasteiger partial charge in [0.2, 0.25) is 0 Å². The van der Waals surface area contributed by atoms with Gasteiger partial charge < -0.3 is 9.88 Å². The van der Waals surface area contributed by atoms with Crippen molar-refractivity contribution in [3.63, 3.8) is 0 Å². The van der Waals surface area contributed by atoms with Crippen LogP contribution in [-0.2, 0) is 0 Å². The first kappa shape index (κ1) is 13.1. The molecule has 1 aromatic heterocycles. The van der Waals surface area contributed by atoms with Crippen LogP contribution in [0.5, 0.6) is 0 Å². The molecule has 0 atom stereocenters. The van der Waals surface area contributed by atoms with Gasteiger partial charge in [-0.2, -0.15) is 13.2 Å². The molecule has 0 fully saturated rings. The number of halogens is 3. The second kappa shape index (κ2) is 5.13. The average molecular weight is 269 g/mol. The summed E-state index contributed by atoms with van der Waals surface area (Å²) in [6.07, 6.45) is 0.494. The Labute approximate surface area is 106 Å². The Hall–Kier alpha value is -2.31. The SMILES string of the molecule is O=C(NCC(F)(F)F)c1ccc(-n2ccnc2)cc1. The van der Waals surface area contributed by atoms with E-state index in [1.54, 1.807) is 35.4 Å². The van der Waals surface area contributed by atoms with Crippen LogP contribution in [0.1, 0.15) is 10.4 Å². The van der Waals surface area contributed by atoms with Crippen molar-refractivity contribution in [2.24, 2.45) is 0 Å². The molecular weight excluding hydrogens is 259 g/mol. The number of carbonyl (C=O) groups is 1. The molecule has 0 aliphatic heterocycles. The van der Waals surface area contributed by atoms with Gasteiger partial charge in [-0.15, -0.1) is 0 Å². The van der Waals surface area contributed by atoms with E-state index in [1.165, 1.54) is 12.1 Å². The first-order valence-electron chi connectivity index (χ1n) is 5.39. The molecule has 0 bridgehead atoms. The number of alkyl halides is 3. The van der Waals surface area contributed by atoms with Gasteiger partial charge in [0.05, 0.1) is 6.33 Å². The third-order valence-electron chi connectivity index (χ3n) is 2.38. The van der Waals surface area contributed by atoms with E-state index in [4.69, 9.17) is 0 Å². The third kappa shape index (κ3) is 3.57. The van der Waals surface area contributed by atoms with Crippen molar-refractivity contribution >= 4 is 5.91 Å². The van der Waals surface area contributed by atoms with E-state index >= 15 is 0 Å².